The summed E-state index contributed by atoms with van der Waals surface area (Å²) in [5.41, 5.74) is 0. The van der Waals surface area contributed by atoms with Crippen molar-refractivity contribution in [2.75, 3.05) is 39.8 Å². The van der Waals surface area contributed by atoms with Gasteiger partial charge in [-0.3, -0.25) is 0 Å². The summed E-state index contributed by atoms with van der Waals surface area (Å²) in [6.07, 6.45) is 7.58. The maximum Gasteiger partial charge on any atom is 0.0516 e. The van der Waals surface area contributed by atoms with Crippen LogP contribution in [0.25, 0.3) is 0 Å². The molecular formula is C12H18N3O. The molecule has 1 saturated heterocycles. The molecule has 1 N–H and O–H groups in total. The Balaban J connectivity index is 1.80. The molecule has 16 heavy (non-hydrogen) atoms. The summed E-state index contributed by atoms with van der Waals surface area (Å²) in [7, 11) is 2.16. The minimum Gasteiger partial charge on any atom is -0.411 e. The summed E-state index contributed by atoms with van der Waals surface area (Å²) >= 11 is 0. The lowest BCUT2D eigenvalue weighted by Crippen LogP contribution is -2.46. The van der Waals surface area contributed by atoms with E-state index in [-0.39, 0.29) is 0 Å². The van der Waals surface area contributed by atoms with E-state index >= 15 is 0 Å². The van der Waals surface area contributed by atoms with E-state index in [1.807, 2.05) is 12.8 Å². The van der Waals surface area contributed by atoms with Crippen molar-refractivity contribution in [3.05, 3.63) is 31.1 Å². The summed E-state index contributed by atoms with van der Waals surface area (Å²) in [6.45, 7) is 5.42. The zero-order valence-corrected chi connectivity index (χ0v) is 9.63. The van der Waals surface area contributed by atoms with Gasteiger partial charge in [-0.2, -0.15) is 0 Å². The Hall–Kier alpha value is -0.610. The van der Waals surface area contributed by atoms with E-state index in [0.29, 0.717) is 0 Å². The lowest BCUT2D eigenvalue weighted by atomic mass is 9.96. The van der Waals surface area contributed by atoms with Gasteiger partial charge in [-0.05, 0) is 26.3 Å². The molecule has 2 fully saturated rings. The summed E-state index contributed by atoms with van der Waals surface area (Å²) in [6, 6.07) is 0. The molecule has 0 unspecified atom stereocenters. The summed E-state index contributed by atoms with van der Waals surface area (Å²) in [5.74, 6) is 2.25. The van der Waals surface area contributed by atoms with Crippen LogP contribution in [-0.2, 0) is 0 Å². The minimum atomic E-state index is 0.947. The number of likely N-dealkylation sites (N-methyl/N-ethyl adjacent to an activating group) is 1. The highest BCUT2D eigenvalue weighted by Gasteiger charge is 2.30. The van der Waals surface area contributed by atoms with Crippen LogP contribution in [0.15, 0.2) is 5.16 Å². The van der Waals surface area contributed by atoms with Gasteiger partial charge < -0.3 is 15.0 Å². The van der Waals surface area contributed by atoms with Crippen LogP contribution in [-0.4, -0.2) is 61.0 Å². The Labute approximate surface area is 97.9 Å². The second-order valence-corrected chi connectivity index (χ2v) is 4.33. The van der Waals surface area contributed by atoms with E-state index in [1.165, 1.54) is 12.1 Å². The van der Waals surface area contributed by atoms with Gasteiger partial charge in [0.1, 0.15) is 0 Å². The zero-order valence-electron chi connectivity index (χ0n) is 9.63. The van der Waals surface area contributed by atoms with Crippen molar-refractivity contribution in [1.82, 2.24) is 9.80 Å². The molecule has 0 spiro atoms. The largest absolute Gasteiger partial charge is 0.411 e. The number of rotatable bonds is 3. The first kappa shape index (κ1) is 11.9. The summed E-state index contributed by atoms with van der Waals surface area (Å²) in [5, 5.41) is 11.6. The molecule has 1 aliphatic carbocycles. The Bertz CT molecular complexity index is 236. The number of hydrogen-bond acceptors (Lipinski definition) is 4. The van der Waals surface area contributed by atoms with E-state index in [0.717, 1.165) is 38.6 Å². The monoisotopic (exact) mass is 220 g/mol. The van der Waals surface area contributed by atoms with Crippen LogP contribution < -0.4 is 0 Å². The third kappa shape index (κ3) is 2.95. The second-order valence-electron chi connectivity index (χ2n) is 4.33. The normalized spacial score (nSPS) is 27.1. The highest BCUT2D eigenvalue weighted by Crippen LogP contribution is 2.32. The van der Waals surface area contributed by atoms with Crippen molar-refractivity contribution in [3.63, 3.8) is 0 Å². The SMILES string of the molecule is CN1CCN(C[C]2[CH][CH][CH][C]2/C=N/O)CC1. The third-order valence-corrected chi connectivity index (χ3v) is 3.13. The van der Waals surface area contributed by atoms with Crippen LogP contribution >= 0.6 is 0 Å². The minimum absolute atomic E-state index is 0.947. The van der Waals surface area contributed by atoms with Crippen molar-refractivity contribution in [3.8, 4) is 0 Å². The average Bonchev–Trinajstić information content (AvgIpc) is 2.70. The van der Waals surface area contributed by atoms with Crippen LogP contribution in [0.4, 0.5) is 0 Å². The Morgan fingerprint density at radius 3 is 2.75 bits per heavy atom. The Morgan fingerprint density at radius 1 is 1.31 bits per heavy atom. The van der Waals surface area contributed by atoms with Crippen LogP contribution in [0.1, 0.15) is 0 Å². The van der Waals surface area contributed by atoms with Crippen LogP contribution in [0, 0.1) is 31.1 Å². The van der Waals surface area contributed by atoms with Gasteiger partial charge in [0, 0.05) is 44.6 Å². The van der Waals surface area contributed by atoms with Crippen LogP contribution in [0.3, 0.4) is 0 Å². The topological polar surface area (TPSA) is 39.1 Å². The lowest BCUT2D eigenvalue weighted by Gasteiger charge is -2.34. The molecule has 1 aliphatic heterocycles. The van der Waals surface area contributed by atoms with Gasteiger partial charge in [0.2, 0.25) is 0 Å². The van der Waals surface area contributed by atoms with Crippen molar-refractivity contribution in [1.29, 1.82) is 0 Å². The first-order valence-electron chi connectivity index (χ1n) is 5.62. The summed E-state index contributed by atoms with van der Waals surface area (Å²) in [4.78, 5) is 4.78. The van der Waals surface area contributed by atoms with E-state index in [2.05, 4.69) is 28.4 Å². The van der Waals surface area contributed by atoms with E-state index in [1.54, 1.807) is 0 Å². The van der Waals surface area contributed by atoms with Crippen LogP contribution in [0.5, 0.6) is 0 Å². The smallest absolute Gasteiger partial charge is 0.0516 e. The molecule has 2 aliphatic rings. The maximum absolute atomic E-state index is 8.55. The molecular weight excluding hydrogens is 202 g/mol. The molecule has 0 bridgehead atoms. The molecule has 0 atom stereocenters. The number of nitrogens with zero attached hydrogens (tertiary/aromatic N) is 3. The molecule has 1 saturated carbocycles. The Morgan fingerprint density at radius 2 is 2.06 bits per heavy atom. The van der Waals surface area contributed by atoms with Crippen molar-refractivity contribution >= 4 is 6.21 Å². The number of oxime groups is 1. The fourth-order valence-corrected chi connectivity index (χ4v) is 2.05. The fourth-order valence-electron chi connectivity index (χ4n) is 2.05. The maximum atomic E-state index is 8.55. The van der Waals surface area contributed by atoms with E-state index in [4.69, 9.17) is 5.21 Å². The van der Waals surface area contributed by atoms with Gasteiger partial charge in [-0.25, -0.2) is 0 Å². The van der Waals surface area contributed by atoms with Crippen molar-refractivity contribution in [2.45, 2.75) is 0 Å². The number of hydrogen-bond donors (Lipinski definition) is 1. The van der Waals surface area contributed by atoms with E-state index in [9.17, 15) is 0 Å². The first-order valence-corrected chi connectivity index (χ1v) is 5.62. The van der Waals surface area contributed by atoms with Crippen LogP contribution in [0.2, 0.25) is 0 Å². The Kier molecular flexibility index (Phi) is 4.18. The fraction of sp³-hybridized carbons (Fsp3) is 0.500. The molecule has 0 aromatic heterocycles. The molecule has 0 aromatic rings. The van der Waals surface area contributed by atoms with Gasteiger partial charge >= 0.3 is 0 Å². The van der Waals surface area contributed by atoms with Gasteiger partial charge in [0.05, 0.1) is 6.21 Å². The molecule has 1 heterocycles. The average molecular weight is 220 g/mol. The molecule has 87 valence electrons. The van der Waals surface area contributed by atoms with E-state index < -0.39 is 0 Å². The second kappa shape index (κ2) is 5.64. The quantitative estimate of drug-likeness (QED) is 0.427. The van der Waals surface area contributed by atoms with Gasteiger partial charge in [0.15, 0.2) is 0 Å². The molecule has 4 heteroatoms. The number of piperazine rings is 1. The lowest BCUT2D eigenvalue weighted by molar-refractivity contribution is 0.160. The summed E-state index contributed by atoms with van der Waals surface area (Å²) < 4.78 is 0. The molecule has 0 aromatic carbocycles. The highest BCUT2D eigenvalue weighted by atomic mass is 16.4. The molecule has 5 radical (unpaired) electrons. The first-order chi connectivity index (χ1) is 7.79. The standard InChI is InChI=1S/C12H18N3O/c1-14-5-7-15(8-6-14)10-12-4-2-3-11(12)9-13-16/h2-4,9,16H,5-8,10H2,1H3/b13-9+. The molecule has 2 rings (SSSR count). The van der Waals surface area contributed by atoms with Gasteiger partial charge in [0.25, 0.3) is 0 Å². The van der Waals surface area contributed by atoms with Gasteiger partial charge in [-0.15, -0.1) is 5.16 Å². The molecule has 0 amide bonds. The zero-order chi connectivity index (χ0) is 11.4. The van der Waals surface area contributed by atoms with Crippen molar-refractivity contribution in [2.24, 2.45) is 5.16 Å². The molecule has 4 nitrogen and oxygen atoms in total. The third-order valence-electron chi connectivity index (χ3n) is 3.13. The van der Waals surface area contributed by atoms with Crippen molar-refractivity contribution < 1.29 is 5.21 Å². The predicted octanol–water partition coefficient (Wildman–Crippen LogP) is 0.469. The van der Waals surface area contributed by atoms with Gasteiger partial charge in [-0.1, -0.05) is 0 Å². The predicted molar refractivity (Wildman–Crippen MR) is 63.6 cm³/mol. The highest BCUT2D eigenvalue weighted by molar-refractivity contribution is 5.84.